The molecule has 1 heterocycles. The molecule has 1 N–H and O–H groups in total. The molecular formula is C19H30NO3S+. The Labute approximate surface area is 146 Å². The standard InChI is InChI=1S/C19H29NO3S/c1-8-18(5,6)19(7)14(4)20(12-13(2)3)17-10-9-15(11-16(17)19)24(21,22)23/h9-11,13H,8,12H2,1-7H3/p+1. The summed E-state index contributed by atoms with van der Waals surface area (Å²) < 4.78 is 35.1. The van der Waals surface area contributed by atoms with Crippen LogP contribution in [-0.2, 0) is 15.5 Å². The zero-order chi connectivity index (χ0) is 18.5. The Kier molecular flexibility index (Phi) is 4.75. The summed E-state index contributed by atoms with van der Waals surface area (Å²) in [6, 6.07) is 4.99. The predicted octanol–water partition coefficient (Wildman–Crippen LogP) is 4.40. The zero-order valence-corrected chi connectivity index (χ0v) is 16.7. The number of nitrogens with zero attached hydrogens (tertiary/aromatic N) is 1. The maximum absolute atomic E-state index is 11.6. The predicted molar refractivity (Wildman–Crippen MR) is 98.0 cm³/mol. The van der Waals surface area contributed by atoms with Gasteiger partial charge < -0.3 is 0 Å². The van der Waals surface area contributed by atoms with E-state index >= 15 is 0 Å². The van der Waals surface area contributed by atoms with Crippen LogP contribution in [0.2, 0.25) is 0 Å². The molecule has 0 fully saturated rings. The van der Waals surface area contributed by atoms with Crippen molar-refractivity contribution >= 4 is 21.5 Å². The van der Waals surface area contributed by atoms with Gasteiger partial charge in [0.2, 0.25) is 5.69 Å². The summed E-state index contributed by atoms with van der Waals surface area (Å²) in [4.78, 5) is -0.0291. The van der Waals surface area contributed by atoms with Gasteiger partial charge in [-0.3, -0.25) is 4.55 Å². The largest absolute Gasteiger partial charge is 0.294 e. The van der Waals surface area contributed by atoms with Gasteiger partial charge in [0.1, 0.15) is 0 Å². The van der Waals surface area contributed by atoms with Gasteiger partial charge in [-0.2, -0.15) is 13.0 Å². The maximum Gasteiger partial charge on any atom is 0.294 e. The lowest BCUT2D eigenvalue weighted by Gasteiger charge is -2.39. The molecule has 0 radical (unpaired) electrons. The normalized spacial score (nSPS) is 21.5. The van der Waals surface area contributed by atoms with Crippen molar-refractivity contribution in [3.63, 3.8) is 0 Å². The topological polar surface area (TPSA) is 57.4 Å². The molecule has 4 nitrogen and oxygen atoms in total. The Morgan fingerprint density at radius 2 is 1.88 bits per heavy atom. The molecule has 1 atom stereocenters. The Balaban J connectivity index is 2.81. The summed E-state index contributed by atoms with van der Waals surface area (Å²) in [5, 5.41) is 0. The Bertz CT molecular complexity index is 791. The van der Waals surface area contributed by atoms with Crippen molar-refractivity contribution in [2.75, 3.05) is 6.54 Å². The molecule has 1 aliphatic rings. The molecule has 0 saturated carbocycles. The van der Waals surface area contributed by atoms with Gasteiger partial charge in [0, 0.05) is 24.5 Å². The van der Waals surface area contributed by atoms with Crippen LogP contribution in [0, 0.1) is 11.3 Å². The highest BCUT2D eigenvalue weighted by atomic mass is 32.2. The Hall–Kier alpha value is -1.20. The second-order valence-electron chi connectivity index (χ2n) is 8.11. The van der Waals surface area contributed by atoms with E-state index in [1.807, 2.05) is 6.07 Å². The van der Waals surface area contributed by atoms with E-state index in [4.69, 9.17) is 0 Å². The smallest absolute Gasteiger partial charge is 0.282 e. The summed E-state index contributed by atoms with van der Waals surface area (Å²) >= 11 is 0. The number of rotatable bonds is 5. The average molecular weight is 353 g/mol. The van der Waals surface area contributed by atoms with E-state index in [9.17, 15) is 13.0 Å². The number of benzene rings is 1. The van der Waals surface area contributed by atoms with Crippen LogP contribution in [0.1, 0.15) is 60.5 Å². The van der Waals surface area contributed by atoms with Crippen molar-refractivity contribution < 1.29 is 17.5 Å². The van der Waals surface area contributed by atoms with Gasteiger partial charge in [0.15, 0.2) is 12.3 Å². The third kappa shape index (κ3) is 2.82. The summed E-state index contributed by atoms with van der Waals surface area (Å²) in [6.45, 7) is 16.2. The molecule has 0 aromatic heterocycles. The highest BCUT2D eigenvalue weighted by Gasteiger charge is 2.54. The van der Waals surface area contributed by atoms with E-state index in [0.29, 0.717) is 5.92 Å². The highest BCUT2D eigenvalue weighted by molar-refractivity contribution is 7.85. The van der Waals surface area contributed by atoms with E-state index in [-0.39, 0.29) is 15.7 Å². The van der Waals surface area contributed by atoms with Gasteiger partial charge in [0.05, 0.1) is 10.3 Å². The first-order chi connectivity index (χ1) is 10.9. The van der Waals surface area contributed by atoms with Crippen molar-refractivity contribution in [1.82, 2.24) is 0 Å². The lowest BCUT2D eigenvalue weighted by molar-refractivity contribution is -0.446. The number of fused-ring (bicyclic) bond motifs is 1. The molecule has 0 saturated heterocycles. The molecule has 2 rings (SSSR count). The molecular weight excluding hydrogens is 322 g/mol. The van der Waals surface area contributed by atoms with Crippen molar-refractivity contribution in [2.45, 2.75) is 65.2 Å². The fraction of sp³-hybridized carbons (Fsp3) is 0.632. The van der Waals surface area contributed by atoms with Gasteiger partial charge in [-0.1, -0.05) is 34.6 Å². The van der Waals surface area contributed by atoms with Crippen molar-refractivity contribution in [1.29, 1.82) is 0 Å². The van der Waals surface area contributed by atoms with Gasteiger partial charge in [-0.05, 0) is 30.9 Å². The van der Waals surface area contributed by atoms with Crippen LogP contribution in [0.3, 0.4) is 0 Å². The molecule has 134 valence electrons. The van der Waals surface area contributed by atoms with Crippen molar-refractivity contribution in [3.8, 4) is 0 Å². The minimum atomic E-state index is -4.21. The van der Waals surface area contributed by atoms with Crippen LogP contribution in [0.25, 0.3) is 0 Å². The first-order valence-corrected chi connectivity index (χ1v) is 10.0. The van der Waals surface area contributed by atoms with Crippen molar-refractivity contribution in [3.05, 3.63) is 23.8 Å². The van der Waals surface area contributed by atoms with E-state index in [1.54, 1.807) is 6.07 Å². The fourth-order valence-electron chi connectivity index (χ4n) is 3.77. The molecule has 1 unspecified atom stereocenters. The van der Waals surface area contributed by atoms with Crippen molar-refractivity contribution in [2.24, 2.45) is 11.3 Å². The van der Waals surface area contributed by atoms with Crippen LogP contribution in [0.4, 0.5) is 5.69 Å². The first-order valence-electron chi connectivity index (χ1n) is 8.60. The summed E-state index contributed by atoms with van der Waals surface area (Å²) in [5.41, 5.74) is 2.95. The Morgan fingerprint density at radius 1 is 1.29 bits per heavy atom. The summed E-state index contributed by atoms with van der Waals surface area (Å²) in [7, 11) is -4.21. The van der Waals surface area contributed by atoms with Gasteiger partial charge in [-0.15, -0.1) is 0 Å². The van der Waals surface area contributed by atoms with Crippen LogP contribution in [0.5, 0.6) is 0 Å². The van der Waals surface area contributed by atoms with Crippen LogP contribution in [0.15, 0.2) is 23.1 Å². The van der Waals surface area contributed by atoms with Gasteiger partial charge in [-0.25, -0.2) is 0 Å². The molecule has 1 aromatic carbocycles. The molecule has 0 spiro atoms. The molecule has 0 aliphatic carbocycles. The van der Waals surface area contributed by atoms with E-state index in [1.165, 1.54) is 11.8 Å². The van der Waals surface area contributed by atoms with Crippen LogP contribution >= 0.6 is 0 Å². The maximum atomic E-state index is 11.6. The van der Waals surface area contributed by atoms with E-state index < -0.39 is 10.1 Å². The summed E-state index contributed by atoms with van der Waals surface area (Å²) in [5.74, 6) is 0.487. The molecule has 5 heteroatoms. The molecule has 0 bridgehead atoms. The lowest BCUT2D eigenvalue weighted by Crippen LogP contribution is -2.44. The quantitative estimate of drug-likeness (QED) is 0.631. The van der Waals surface area contributed by atoms with Gasteiger partial charge >= 0.3 is 0 Å². The fourth-order valence-corrected chi connectivity index (χ4v) is 4.27. The number of hydrogen-bond donors (Lipinski definition) is 1. The second kappa shape index (κ2) is 5.95. The molecule has 24 heavy (non-hydrogen) atoms. The molecule has 1 aromatic rings. The van der Waals surface area contributed by atoms with Gasteiger partial charge in [0.25, 0.3) is 10.1 Å². The third-order valence-electron chi connectivity index (χ3n) is 6.01. The van der Waals surface area contributed by atoms with E-state index in [0.717, 1.165) is 24.2 Å². The monoisotopic (exact) mass is 352 g/mol. The molecule has 1 aliphatic heterocycles. The third-order valence-corrected chi connectivity index (χ3v) is 6.86. The SMILES string of the molecule is CCC(C)(C)C1(C)C(C)=[N+](CC(C)C)c2ccc(S(=O)(=O)O)cc21. The van der Waals surface area contributed by atoms with Crippen LogP contribution in [-0.4, -0.2) is 29.8 Å². The highest BCUT2D eigenvalue weighted by Crippen LogP contribution is 2.52. The second-order valence-corrected chi connectivity index (χ2v) is 9.53. The lowest BCUT2D eigenvalue weighted by atomic mass is 9.60. The minimum Gasteiger partial charge on any atom is -0.282 e. The average Bonchev–Trinajstić information content (AvgIpc) is 2.69. The molecule has 0 amide bonds. The van der Waals surface area contributed by atoms with Crippen LogP contribution < -0.4 is 0 Å². The zero-order valence-electron chi connectivity index (χ0n) is 15.8. The minimum absolute atomic E-state index is 0.0291. The van der Waals surface area contributed by atoms with E-state index in [2.05, 4.69) is 53.0 Å². The number of hydrogen-bond acceptors (Lipinski definition) is 2. The summed E-state index contributed by atoms with van der Waals surface area (Å²) in [6.07, 6.45) is 0.964. The first kappa shape index (κ1) is 19.1. The Morgan fingerprint density at radius 3 is 2.33 bits per heavy atom.